The van der Waals surface area contributed by atoms with E-state index in [2.05, 4.69) is 31.1 Å². The summed E-state index contributed by atoms with van der Waals surface area (Å²) < 4.78 is 12.8. The van der Waals surface area contributed by atoms with Crippen molar-refractivity contribution < 1.29 is 4.39 Å². The summed E-state index contributed by atoms with van der Waals surface area (Å²) >= 11 is 0. The van der Waals surface area contributed by atoms with Crippen LogP contribution in [-0.4, -0.2) is 26.2 Å². The Labute approximate surface area is 117 Å². The minimum absolute atomic E-state index is 0.171. The second kappa shape index (κ2) is 8.92. The summed E-state index contributed by atoms with van der Waals surface area (Å²) in [7, 11) is 2.06. The average Bonchev–Trinajstić information content (AvgIpc) is 2.38. The number of anilines is 1. The highest BCUT2D eigenvalue weighted by Crippen LogP contribution is 2.14. The van der Waals surface area contributed by atoms with Crippen molar-refractivity contribution in [2.24, 2.45) is 0 Å². The number of hydrogen-bond acceptors (Lipinski definition) is 2. The van der Waals surface area contributed by atoms with E-state index >= 15 is 0 Å². The van der Waals surface area contributed by atoms with Crippen LogP contribution in [0.15, 0.2) is 24.3 Å². The van der Waals surface area contributed by atoms with Crippen LogP contribution in [0.3, 0.4) is 0 Å². The summed E-state index contributed by atoms with van der Waals surface area (Å²) in [6.07, 6.45) is 4.97. The maximum atomic E-state index is 12.8. The molecule has 0 bridgehead atoms. The van der Waals surface area contributed by atoms with Crippen molar-refractivity contribution in [2.75, 3.05) is 25.0 Å². The molecule has 1 aromatic carbocycles. The molecule has 0 aliphatic carbocycles. The van der Waals surface area contributed by atoms with Crippen molar-refractivity contribution in [1.82, 2.24) is 5.32 Å². The first-order valence-corrected chi connectivity index (χ1v) is 7.29. The lowest BCUT2D eigenvalue weighted by Crippen LogP contribution is -2.23. The minimum atomic E-state index is -0.171. The van der Waals surface area contributed by atoms with Crippen LogP contribution in [0.1, 0.15) is 39.5 Å². The Balaban J connectivity index is 2.07. The second-order valence-corrected chi connectivity index (χ2v) is 5.42. The van der Waals surface area contributed by atoms with Gasteiger partial charge >= 0.3 is 0 Å². The summed E-state index contributed by atoms with van der Waals surface area (Å²) in [6, 6.07) is 7.29. The molecule has 1 N–H and O–H groups in total. The first kappa shape index (κ1) is 16.0. The molecule has 0 aliphatic rings. The highest BCUT2D eigenvalue weighted by molar-refractivity contribution is 5.45. The van der Waals surface area contributed by atoms with Gasteiger partial charge in [0.25, 0.3) is 0 Å². The molecular formula is C16H27FN2. The van der Waals surface area contributed by atoms with Gasteiger partial charge in [0.2, 0.25) is 0 Å². The maximum absolute atomic E-state index is 12.8. The van der Waals surface area contributed by atoms with E-state index in [-0.39, 0.29) is 5.82 Å². The van der Waals surface area contributed by atoms with Crippen LogP contribution >= 0.6 is 0 Å². The molecule has 0 atom stereocenters. The fourth-order valence-electron chi connectivity index (χ4n) is 2.04. The predicted octanol–water partition coefficient (Wildman–Crippen LogP) is 3.82. The minimum Gasteiger partial charge on any atom is -0.375 e. The lowest BCUT2D eigenvalue weighted by atomic mass is 10.1. The Kier molecular flexibility index (Phi) is 7.49. The summed E-state index contributed by atoms with van der Waals surface area (Å²) in [5.41, 5.74) is 1.09. The van der Waals surface area contributed by atoms with E-state index in [4.69, 9.17) is 0 Å². The largest absolute Gasteiger partial charge is 0.375 e. The van der Waals surface area contributed by atoms with Gasteiger partial charge in [-0.2, -0.15) is 0 Å². The van der Waals surface area contributed by atoms with Crippen molar-refractivity contribution in [3.05, 3.63) is 30.1 Å². The Bertz CT molecular complexity index is 335. The van der Waals surface area contributed by atoms with Crippen molar-refractivity contribution >= 4 is 5.69 Å². The smallest absolute Gasteiger partial charge is 0.123 e. The lowest BCUT2D eigenvalue weighted by molar-refractivity contribution is 0.542. The number of rotatable bonds is 9. The molecule has 0 amide bonds. The normalized spacial score (nSPS) is 11.0. The molecule has 1 aromatic rings. The zero-order valence-corrected chi connectivity index (χ0v) is 12.5. The van der Waals surface area contributed by atoms with Gasteiger partial charge in [-0.05, 0) is 43.7 Å². The summed E-state index contributed by atoms with van der Waals surface area (Å²) in [4.78, 5) is 2.19. The molecule has 3 heteroatoms. The van der Waals surface area contributed by atoms with E-state index in [0.717, 1.165) is 18.8 Å². The van der Waals surface area contributed by atoms with Gasteiger partial charge in [-0.1, -0.05) is 26.7 Å². The maximum Gasteiger partial charge on any atom is 0.123 e. The number of nitrogens with one attached hydrogen (secondary N) is 1. The van der Waals surface area contributed by atoms with Crippen molar-refractivity contribution in [3.63, 3.8) is 0 Å². The van der Waals surface area contributed by atoms with Gasteiger partial charge in [-0.3, -0.25) is 0 Å². The van der Waals surface area contributed by atoms with Crippen LogP contribution in [0.4, 0.5) is 10.1 Å². The van der Waals surface area contributed by atoms with Crippen LogP contribution < -0.4 is 10.2 Å². The van der Waals surface area contributed by atoms with Gasteiger partial charge in [0.1, 0.15) is 5.82 Å². The van der Waals surface area contributed by atoms with E-state index in [1.54, 1.807) is 0 Å². The van der Waals surface area contributed by atoms with Crippen LogP contribution in [0.25, 0.3) is 0 Å². The number of nitrogens with zero attached hydrogens (tertiary/aromatic N) is 1. The molecule has 0 aliphatic heterocycles. The number of benzene rings is 1. The third-order valence-electron chi connectivity index (χ3n) is 3.24. The van der Waals surface area contributed by atoms with Gasteiger partial charge in [-0.25, -0.2) is 4.39 Å². The second-order valence-electron chi connectivity index (χ2n) is 5.42. The van der Waals surface area contributed by atoms with E-state index in [1.807, 2.05) is 12.1 Å². The summed E-state index contributed by atoms with van der Waals surface area (Å²) in [6.45, 7) is 6.50. The molecule has 2 nitrogen and oxygen atoms in total. The first-order valence-electron chi connectivity index (χ1n) is 7.29. The zero-order chi connectivity index (χ0) is 14.1. The molecule has 0 radical (unpaired) electrons. The molecule has 19 heavy (non-hydrogen) atoms. The predicted molar refractivity (Wildman–Crippen MR) is 81.3 cm³/mol. The first-order chi connectivity index (χ1) is 9.09. The Hall–Kier alpha value is -1.09. The van der Waals surface area contributed by atoms with E-state index in [0.29, 0.717) is 6.04 Å². The van der Waals surface area contributed by atoms with Gasteiger partial charge in [-0.15, -0.1) is 0 Å². The highest BCUT2D eigenvalue weighted by Gasteiger charge is 2.00. The van der Waals surface area contributed by atoms with Crippen LogP contribution in [0.5, 0.6) is 0 Å². The van der Waals surface area contributed by atoms with Crippen molar-refractivity contribution in [2.45, 2.75) is 45.6 Å². The monoisotopic (exact) mass is 266 g/mol. The molecule has 0 unspecified atom stereocenters. The fourth-order valence-corrected chi connectivity index (χ4v) is 2.04. The summed E-state index contributed by atoms with van der Waals surface area (Å²) in [5.74, 6) is -0.171. The van der Waals surface area contributed by atoms with Gasteiger partial charge in [0.15, 0.2) is 0 Å². The van der Waals surface area contributed by atoms with Gasteiger partial charge < -0.3 is 10.2 Å². The molecule has 108 valence electrons. The fraction of sp³-hybridized carbons (Fsp3) is 0.625. The van der Waals surface area contributed by atoms with E-state index in [9.17, 15) is 4.39 Å². The van der Waals surface area contributed by atoms with Crippen molar-refractivity contribution in [1.29, 1.82) is 0 Å². The van der Waals surface area contributed by atoms with Crippen molar-refractivity contribution in [3.8, 4) is 0 Å². The molecule has 0 fully saturated rings. The Morgan fingerprint density at radius 1 is 1.05 bits per heavy atom. The van der Waals surface area contributed by atoms with Crippen LogP contribution in [-0.2, 0) is 0 Å². The zero-order valence-electron chi connectivity index (χ0n) is 12.5. The number of hydrogen-bond donors (Lipinski definition) is 1. The van der Waals surface area contributed by atoms with Crippen LogP contribution in [0, 0.1) is 5.82 Å². The summed E-state index contributed by atoms with van der Waals surface area (Å²) in [5, 5.41) is 3.43. The highest BCUT2D eigenvalue weighted by atomic mass is 19.1. The number of unbranched alkanes of at least 4 members (excludes halogenated alkanes) is 3. The molecule has 1 rings (SSSR count). The SMILES string of the molecule is CC(C)NCCCCCCN(C)c1ccc(F)cc1. The molecule has 0 saturated heterocycles. The topological polar surface area (TPSA) is 15.3 Å². The molecular weight excluding hydrogens is 239 g/mol. The molecule has 0 spiro atoms. The van der Waals surface area contributed by atoms with Gasteiger partial charge in [0.05, 0.1) is 0 Å². The molecule has 0 aromatic heterocycles. The third-order valence-corrected chi connectivity index (χ3v) is 3.24. The lowest BCUT2D eigenvalue weighted by Gasteiger charge is -2.19. The average molecular weight is 266 g/mol. The third kappa shape index (κ3) is 7.16. The Morgan fingerprint density at radius 3 is 2.32 bits per heavy atom. The number of halogens is 1. The van der Waals surface area contributed by atoms with E-state index < -0.39 is 0 Å². The van der Waals surface area contributed by atoms with Gasteiger partial charge in [0, 0.05) is 25.3 Å². The standard InChI is InChI=1S/C16H27FN2/c1-14(2)18-12-6-4-5-7-13-19(3)16-10-8-15(17)9-11-16/h8-11,14,18H,4-7,12-13H2,1-3H3. The Morgan fingerprint density at radius 2 is 1.68 bits per heavy atom. The van der Waals surface area contributed by atoms with E-state index in [1.165, 1.54) is 37.8 Å². The molecule has 0 heterocycles. The van der Waals surface area contributed by atoms with Crippen LogP contribution in [0.2, 0.25) is 0 Å². The molecule has 0 saturated carbocycles. The quantitative estimate of drug-likeness (QED) is 0.684.